The predicted octanol–water partition coefficient (Wildman–Crippen LogP) is 0.509. The Morgan fingerprint density at radius 1 is 1.33 bits per heavy atom. The number of nitrogens with zero attached hydrogens (tertiary/aromatic N) is 1. The summed E-state index contributed by atoms with van der Waals surface area (Å²) in [6.07, 6.45) is 1.58. The first-order valence-corrected chi connectivity index (χ1v) is 6.43. The second-order valence-electron chi connectivity index (χ2n) is 3.56. The number of hydrogen-bond donors (Lipinski definition) is 1. The van der Waals surface area contributed by atoms with Crippen molar-refractivity contribution in [2.45, 2.75) is 25.8 Å². The standard InChI is InChI=1S/C11H16N2O4S/c1-3-16-9(14)11(12,10(15)17-4-2)5-8-6-13-7-18-8/h6-7H,3-5,12H2,1-2H3. The van der Waals surface area contributed by atoms with Crippen LogP contribution < -0.4 is 5.73 Å². The second-order valence-corrected chi connectivity index (χ2v) is 4.53. The van der Waals surface area contributed by atoms with Crippen molar-refractivity contribution in [3.8, 4) is 0 Å². The normalized spacial score (nSPS) is 11.1. The van der Waals surface area contributed by atoms with Crippen molar-refractivity contribution in [3.05, 3.63) is 16.6 Å². The van der Waals surface area contributed by atoms with Crippen molar-refractivity contribution in [2.24, 2.45) is 5.73 Å². The molecule has 100 valence electrons. The Labute approximate surface area is 109 Å². The molecule has 7 heteroatoms. The Morgan fingerprint density at radius 2 is 1.89 bits per heavy atom. The van der Waals surface area contributed by atoms with E-state index in [1.54, 1.807) is 25.6 Å². The van der Waals surface area contributed by atoms with E-state index in [1.807, 2.05) is 0 Å². The number of carbonyl (C=O) groups excluding carboxylic acids is 2. The van der Waals surface area contributed by atoms with Crippen molar-refractivity contribution in [1.29, 1.82) is 0 Å². The maximum absolute atomic E-state index is 11.8. The third-order valence-corrected chi connectivity index (χ3v) is 3.00. The van der Waals surface area contributed by atoms with Gasteiger partial charge in [0.25, 0.3) is 0 Å². The van der Waals surface area contributed by atoms with Gasteiger partial charge in [-0.3, -0.25) is 4.98 Å². The average Bonchev–Trinajstić information content (AvgIpc) is 2.82. The van der Waals surface area contributed by atoms with Gasteiger partial charge in [0.1, 0.15) is 0 Å². The van der Waals surface area contributed by atoms with E-state index in [4.69, 9.17) is 15.2 Å². The molecule has 0 saturated heterocycles. The van der Waals surface area contributed by atoms with Crippen molar-refractivity contribution in [3.63, 3.8) is 0 Å². The largest absolute Gasteiger partial charge is 0.464 e. The zero-order chi connectivity index (χ0) is 13.6. The number of hydrogen-bond acceptors (Lipinski definition) is 7. The van der Waals surface area contributed by atoms with E-state index in [1.165, 1.54) is 11.3 Å². The quantitative estimate of drug-likeness (QED) is 0.599. The van der Waals surface area contributed by atoms with Gasteiger partial charge in [-0.1, -0.05) is 0 Å². The molecule has 0 bridgehead atoms. The van der Waals surface area contributed by atoms with Crippen LogP contribution in [-0.4, -0.2) is 35.7 Å². The molecule has 1 aromatic rings. The highest BCUT2D eigenvalue weighted by atomic mass is 32.1. The number of carbonyl (C=O) groups is 2. The molecule has 0 atom stereocenters. The Balaban J connectivity index is 2.92. The summed E-state index contributed by atoms with van der Waals surface area (Å²) >= 11 is 1.31. The van der Waals surface area contributed by atoms with Crippen LogP contribution in [0.1, 0.15) is 18.7 Å². The van der Waals surface area contributed by atoms with Crippen molar-refractivity contribution in [2.75, 3.05) is 13.2 Å². The number of rotatable bonds is 6. The first kappa shape index (κ1) is 14.6. The molecular weight excluding hydrogens is 256 g/mol. The van der Waals surface area contributed by atoms with Gasteiger partial charge in [-0.05, 0) is 13.8 Å². The van der Waals surface area contributed by atoms with E-state index >= 15 is 0 Å². The smallest absolute Gasteiger partial charge is 0.338 e. The zero-order valence-corrected chi connectivity index (χ0v) is 11.2. The van der Waals surface area contributed by atoms with Crippen LogP contribution in [0.2, 0.25) is 0 Å². The number of aromatic nitrogens is 1. The molecule has 0 spiro atoms. The number of ether oxygens (including phenoxy) is 2. The average molecular weight is 272 g/mol. The lowest BCUT2D eigenvalue weighted by Crippen LogP contribution is -2.58. The number of nitrogens with two attached hydrogens (primary N) is 1. The Morgan fingerprint density at radius 3 is 2.28 bits per heavy atom. The van der Waals surface area contributed by atoms with E-state index in [2.05, 4.69) is 4.98 Å². The molecule has 0 amide bonds. The lowest BCUT2D eigenvalue weighted by atomic mass is 9.96. The molecular formula is C11H16N2O4S. The maximum atomic E-state index is 11.8. The van der Waals surface area contributed by atoms with Crippen LogP contribution in [0.15, 0.2) is 11.7 Å². The van der Waals surface area contributed by atoms with E-state index in [-0.39, 0.29) is 19.6 Å². The summed E-state index contributed by atoms with van der Waals surface area (Å²) in [5.74, 6) is -1.56. The molecule has 0 saturated carbocycles. The summed E-state index contributed by atoms with van der Waals surface area (Å²) in [5.41, 5.74) is 5.67. The van der Waals surface area contributed by atoms with Gasteiger partial charge in [0.15, 0.2) is 0 Å². The molecule has 0 unspecified atom stereocenters. The summed E-state index contributed by atoms with van der Waals surface area (Å²) in [5, 5.41) is 0. The fourth-order valence-electron chi connectivity index (χ4n) is 1.35. The summed E-state index contributed by atoms with van der Waals surface area (Å²) in [4.78, 5) is 28.3. The van der Waals surface area contributed by atoms with Gasteiger partial charge in [-0.25, -0.2) is 9.59 Å². The van der Waals surface area contributed by atoms with Crippen LogP contribution in [0, 0.1) is 0 Å². The molecule has 1 rings (SSSR count). The lowest BCUT2D eigenvalue weighted by molar-refractivity contribution is -0.163. The Bertz CT molecular complexity index is 387. The molecule has 1 aromatic heterocycles. The molecule has 0 aliphatic rings. The highest BCUT2D eigenvalue weighted by molar-refractivity contribution is 7.09. The van der Waals surface area contributed by atoms with Crippen LogP contribution >= 0.6 is 11.3 Å². The SMILES string of the molecule is CCOC(=O)C(N)(Cc1cncs1)C(=O)OCC. The van der Waals surface area contributed by atoms with Crippen LogP contribution in [-0.2, 0) is 25.5 Å². The fraction of sp³-hybridized carbons (Fsp3) is 0.545. The molecule has 0 aliphatic heterocycles. The van der Waals surface area contributed by atoms with Gasteiger partial charge < -0.3 is 15.2 Å². The third kappa shape index (κ3) is 3.27. The lowest BCUT2D eigenvalue weighted by Gasteiger charge is -2.23. The molecule has 0 aliphatic carbocycles. The summed E-state index contributed by atoms with van der Waals surface area (Å²) < 4.78 is 9.69. The van der Waals surface area contributed by atoms with Gasteiger partial charge >= 0.3 is 11.9 Å². The molecule has 6 nitrogen and oxygen atoms in total. The molecule has 1 heterocycles. The monoisotopic (exact) mass is 272 g/mol. The molecule has 18 heavy (non-hydrogen) atoms. The minimum Gasteiger partial charge on any atom is -0.464 e. The predicted molar refractivity (Wildman–Crippen MR) is 66.0 cm³/mol. The molecule has 0 fully saturated rings. The summed E-state index contributed by atoms with van der Waals surface area (Å²) in [6.45, 7) is 3.60. The van der Waals surface area contributed by atoms with Crippen LogP contribution in [0.3, 0.4) is 0 Å². The highest BCUT2D eigenvalue weighted by Crippen LogP contribution is 2.18. The van der Waals surface area contributed by atoms with Gasteiger partial charge in [-0.2, -0.15) is 0 Å². The fourth-order valence-corrected chi connectivity index (χ4v) is 2.04. The maximum Gasteiger partial charge on any atom is 0.338 e. The third-order valence-electron chi connectivity index (χ3n) is 2.22. The van der Waals surface area contributed by atoms with E-state index in [0.717, 1.165) is 4.88 Å². The number of thiazole rings is 1. The van der Waals surface area contributed by atoms with Gasteiger partial charge in [0.05, 0.1) is 18.7 Å². The highest BCUT2D eigenvalue weighted by Gasteiger charge is 2.45. The minimum absolute atomic E-state index is 0.0231. The van der Waals surface area contributed by atoms with Crippen molar-refractivity contribution in [1.82, 2.24) is 4.98 Å². The van der Waals surface area contributed by atoms with Crippen LogP contribution in [0.5, 0.6) is 0 Å². The number of esters is 2. The van der Waals surface area contributed by atoms with Crippen molar-refractivity contribution >= 4 is 23.3 Å². The second kappa shape index (κ2) is 6.46. The van der Waals surface area contributed by atoms with Crippen LogP contribution in [0.4, 0.5) is 0 Å². The van der Waals surface area contributed by atoms with Crippen LogP contribution in [0.25, 0.3) is 0 Å². The Hall–Kier alpha value is -1.47. The van der Waals surface area contributed by atoms with Gasteiger partial charge in [-0.15, -0.1) is 11.3 Å². The first-order valence-electron chi connectivity index (χ1n) is 5.55. The summed E-state index contributed by atoms with van der Waals surface area (Å²) in [6, 6.07) is 0. The zero-order valence-electron chi connectivity index (χ0n) is 10.3. The Kier molecular flexibility index (Phi) is 5.24. The van der Waals surface area contributed by atoms with E-state index < -0.39 is 17.5 Å². The van der Waals surface area contributed by atoms with E-state index in [0.29, 0.717) is 0 Å². The summed E-state index contributed by atoms with van der Waals surface area (Å²) in [7, 11) is 0. The minimum atomic E-state index is -1.81. The van der Waals surface area contributed by atoms with Gasteiger partial charge in [0, 0.05) is 17.5 Å². The molecule has 0 aromatic carbocycles. The van der Waals surface area contributed by atoms with Gasteiger partial charge in [0.2, 0.25) is 5.54 Å². The molecule has 2 N–H and O–H groups in total. The topological polar surface area (TPSA) is 91.5 Å². The van der Waals surface area contributed by atoms with E-state index in [9.17, 15) is 9.59 Å². The van der Waals surface area contributed by atoms with Crippen molar-refractivity contribution < 1.29 is 19.1 Å². The first-order chi connectivity index (χ1) is 8.54. The molecule has 0 radical (unpaired) electrons.